The lowest BCUT2D eigenvalue weighted by molar-refractivity contribution is 0.439. The molecule has 100 valence electrons. The van der Waals surface area contributed by atoms with Gasteiger partial charge in [0.1, 0.15) is 5.69 Å². The monoisotopic (exact) mass is 348 g/mol. The Hall–Kier alpha value is -1.78. The number of nitrogens with zero attached hydrogens (tertiary/aromatic N) is 1. The summed E-state index contributed by atoms with van der Waals surface area (Å²) in [4.78, 5) is 0. The lowest BCUT2D eigenvalue weighted by Crippen LogP contribution is -1.88. The Morgan fingerprint density at radius 3 is 2.45 bits per heavy atom. The predicted molar refractivity (Wildman–Crippen MR) is 84.5 cm³/mol. The topological polar surface area (TPSA) is 52.0 Å². The molecule has 0 spiro atoms. The van der Waals surface area contributed by atoms with E-state index >= 15 is 0 Å². The number of benzene rings is 2. The van der Waals surface area contributed by atoms with E-state index in [9.17, 15) is 0 Å². The predicted octanol–water partition coefficient (Wildman–Crippen LogP) is 5.01. The van der Waals surface area contributed by atoms with Crippen molar-refractivity contribution in [3.05, 3.63) is 58.0 Å². The van der Waals surface area contributed by atoms with E-state index in [-0.39, 0.29) is 5.88 Å². The van der Waals surface area contributed by atoms with Crippen molar-refractivity contribution in [2.75, 3.05) is 5.73 Å². The first-order valence-corrected chi connectivity index (χ1v) is 7.10. The third kappa shape index (κ3) is 2.32. The highest BCUT2D eigenvalue weighted by Crippen LogP contribution is 2.39. The van der Waals surface area contributed by atoms with Gasteiger partial charge in [-0.05, 0) is 18.2 Å². The maximum absolute atomic E-state index is 6.24. The minimum Gasteiger partial charge on any atom is -0.367 e. The number of anilines is 1. The van der Waals surface area contributed by atoms with Crippen LogP contribution in [0.2, 0.25) is 5.02 Å². The van der Waals surface area contributed by atoms with Crippen LogP contribution >= 0.6 is 27.5 Å². The van der Waals surface area contributed by atoms with Crippen molar-refractivity contribution in [3.63, 3.8) is 0 Å². The fourth-order valence-corrected chi connectivity index (χ4v) is 2.53. The number of hydrogen-bond acceptors (Lipinski definition) is 3. The van der Waals surface area contributed by atoms with Gasteiger partial charge in [0.2, 0.25) is 5.88 Å². The van der Waals surface area contributed by atoms with Crippen molar-refractivity contribution in [1.29, 1.82) is 0 Å². The van der Waals surface area contributed by atoms with E-state index in [0.29, 0.717) is 10.7 Å². The molecular weight excluding hydrogens is 340 g/mol. The molecule has 3 nitrogen and oxygen atoms in total. The summed E-state index contributed by atoms with van der Waals surface area (Å²) < 4.78 is 6.14. The van der Waals surface area contributed by atoms with Gasteiger partial charge < -0.3 is 10.3 Å². The summed E-state index contributed by atoms with van der Waals surface area (Å²) in [6.45, 7) is 0. The van der Waals surface area contributed by atoms with Gasteiger partial charge in [0.05, 0.1) is 5.56 Å². The smallest absolute Gasteiger partial charge is 0.230 e. The molecule has 0 fully saturated rings. The zero-order valence-corrected chi connectivity index (χ0v) is 12.6. The molecule has 0 radical (unpaired) electrons. The van der Waals surface area contributed by atoms with E-state index in [0.717, 1.165) is 21.2 Å². The number of nitrogen functional groups attached to an aromatic ring is 1. The van der Waals surface area contributed by atoms with Crippen LogP contribution in [0.25, 0.3) is 22.4 Å². The SMILES string of the molecule is Nc1onc(-c2ccc(Br)cc2)c1-c1ccccc1Cl. The lowest BCUT2D eigenvalue weighted by Gasteiger charge is -2.05. The highest BCUT2D eigenvalue weighted by atomic mass is 79.9. The molecule has 3 rings (SSSR count). The molecule has 2 N–H and O–H groups in total. The Labute approximate surface area is 129 Å². The molecule has 3 aromatic rings. The number of nitrogens with two attached hydrogens (primary N) is 1. The largest absolute Gasteiger partial charge is 0.367 e. The lowest BCUT2D eigenvalue weighted by atomic mass is 10.0. The van der Waals surface area contributed by atoms with Crippen LogP contribution in [0.3, 0.4) is 0 Å². The molecule has 0 aliphatic rings. The first kappa shape index (κ1) is 13.2. The summed E-state index contributed by atoms with van der Waals surface area (Å²) in [5.41, 5.74) is 9.05. The van der Waals surface area contributed by atoms with Crippen molar-refractivity contribution in [2.45, 2.75) is 0 Å². The first-order chi connectivity index (χ1) is 9.66. The third-order valence-corrected chi connectivity index (χ3v) is 3.84. The molecular formula is C15H10BrClN2O. The van der Waals surface area contributed by atoms with Crippen LogP contribution in [-0.4, -0.2) is 5.16 Å². The van der Waals surface area contributed by atoms with E-state index in [1.807, 2.05) is 48.5 Å². The molecule has 1 aromatic heterocycles. The molecule has 1 heterocycles. The molecule has 0 aliphatic carbocycles. The number of rotatable bonds is 2. The van der Waals surface area contributed by atoms with Crippen molar-refractivity contribution in [3.8, 4) is 22.4 Å². The molecule has 5 heteroatoms. The summed E-state index contributed by atoms with van der Waals surface area (Å²) >= 11 is 9.65. The van der Waals surface area contributed by atoms with Gasteiger partial charge in [0.25, 0.3) is 0 Å². The van der Waals surface area contributed by atoms with E-state index < -0.39 is 0 Å². The zero-order chi connectivity index (χ0) is 14.1. The normalized spacial score (nSPS) is 10.7. The molecule has 0 saturated carbocycles. The first-order valence-electron chi connectivity index (χ1n) is 5.93. The highest BCUT2D eigenvalue weighted by molar-refractivity contribution is 9.10. The Morgan fingerprint density at radius 1 is 1.05 bits per heavy atom. The van der Waals surface area contributed by atoms with E-state index in [1.165, 1.54) is 0 Å². The number of hydrogen-bond donors (Lipinski definition) is 1. The average Bonchev–Trinajstić information content (AvgIpc) is 2.82. The minimum atomic E-state index is 0.260. The average molecular weight is 350 g/mol. The molecule has 0 atom stereocenters. The maximum Gasteiger partial charge on any atom is 0.230 e. The van der Waals surface area contributed by atoms with E-state index in [1.54, 1.807) is 0 Å². The molecule has 0 saturated heterocycles. The summed E-state index contributed by atoms with van der Waals surface area (Å²) in [6.07, 6.45) is 0. The second-order valence-corrected chi connectivity index (χ2v) is 5.58. The van der Waals surface area contributed by atoms with Crippen LogP contribution < -0.4 is 5.73 Å². The Bertz CT molecular complexity index is 753. The van der Waals surface area contributed by atoms with Gasteiger partial charge in [-0.3, -0.25) is 0 Å². The summed E-state index contributed by atoms with van der Waals surface area (Å²) in [6, 6.07) is 15.3. The third-order valence-electron chi connectivity index (χ3n) is 2.98. The van der Waals surface area contributed by atoms with Crippen molar-refractivity contribution >= 4 is 33.4 Å². The van der Waals surface area contributed by atoms with Gasteiger partial charge in [0.15, 0.2) is 0 Å². The van der Waals surface area contributed by atoms with Crippen molar-refractivity contribution < 1.29 is 4.52 Å². The molecule has 0 amide bonds. The second kappa shape index (κ2) is 5.31. The fraction of sp³-hybridized carbons (Fsp3) is 0. The van der Waals surface area contributed by atoms with Crippen molar-refractivity contribution in [1.82, 2.24) is 5.16 Å². The molecule has 0 aliphatic heterocycles. The van der Waals surface area contributed by atoms with Gasteiger partial charge in [-0.1, -0.05) is 63.0 Å². The second-order valence-electron chi connectivity index (χ2n) is 4.26. The van der Waals surface area contributed by atoms with Crippen LogP contribution in [0.5, 0.6) is 0 Å². The van der Waals surface area contributed by atoms with Gasteiger partial charge >= 0.3 is 0 Å². The van der Waals surface area contributed by atoms with Crippen LogP contribution in [-0.2, 0) is 0 Å². The molecule has 0 unspecified atom stereocenters. The maximum atomic E-state index is 6.24. The molecule has 2 aromatic carbocycles. The van der Waals surface area contributed by atoms with Gasteiger partial charge in [-0.25, -0.2) is 0 Å². The van der Waals surface area contributed by atoms with Crippen LogP contribution in [0.4, 0.5) is 5.88 Å². The van der Waals surface area contributed by atoms with Crippen LogP contribution in [0.1, 0.15) is 0 Å². The summed E-state index contributed by atoms with van der Waals surface area (Å²) in [5, 5.41) is 4.67. The highest BCUT2D eigenvalue weighted by Gasteiger charge is 2.19. The van der Waals surface area contributed by atoms with Crippen LogP contribution in [0, 0.1) is 0 Å². The van der Waals surface area contributed by atoms with Gasteiger partial charge in [-0.2, -0.15) is 0 Å². The molecule has 20 heavy (non-hydrogen) atoms. The van der Waals surface area contributed by atoms with E-state index in [2.05, 4.69) is 21.1 Å². The van der Waals surface area contributed by atoms with Gasteiger partial charge in [0, 0.05) is 20.6 Å². The zero-order valence-electron chi connectivity index (χ0n) is 10.3. The fourth-order valence-electron chi connectivity index (χ4n) is 2.03. The summed E-state index contributed by atoms with van der Waals surface area (Å²) in [7, 11) is 0. The van der Waals surface area contributed by atoms with Crippen molar-refractivity contribution in [2.24, 2.45) is 0 Å². The minimum absolute atomic E-state index is 0.260. The Balaban J connectivity index is 2.20. The quantitative estimate of drug-likeness (QED) is 0.708. The standard InChI is InChI=1S/C15H10BrClN2O/c16-10-7-5-9(6-8-10)14-13(15(18)20-19-14)11-3-1-2-4-12(11)17/h1-8H,18H2. The Kier molecular flexibility index (Phi) is 3.51. The Morgan fingerprint density at radius 2 is 1.75 bits per heavy atom. The summed E-state index contributed by atoms with van der Waals surface area (Å²) in [5.74, 6) is 0.260. The number of aromatic nitrogens is 1. The number of halogens is 2. The van der Waals surface area contributed by atoms with E-state index in [4.69, 9.17) is 21.9 Å². The molecule has 0 bridgehead atoms. The van der Waals surface area contributed by atoms with Crippen LogP contribution in [0.15, 0.2) is 57.5 Å². The van der Waals surface area contributed by atoms with Gasteiger partial charge in [-0.15, -0.1) is 0 Å².